The second-order valence-corrected chi connectivity index (χ2v) is 7.34. The molecule has 1 aromatic carbocycles. The normalized spacial score (nSPS) is 13.7. The molecule has 6 heteroatoms. The van der Waals surface area contributed by atoms with E-state index in [1.54, 1.807) is 12.1 Å². The first-order chi connectivity index (χ1) is 9.26. The standard InChI is InChI=1S/C14H23ClN2O2S/c1-5-11(4)17-20(18,19)13-6-7-14(15)12(8-13)9-16-10(2)3/h6-8,10-11,16-17H,5,9H2,1-4H3. The third kappa shape index (κ3) is 5.05. The lowest BCUT2D eigenvalue weighted by molar-refractivity contribution is 0.555. The molecule has 0 saturated carbocycles. The molecule has 0 bridgehead atoms. The summed E-state index contributed by atoms with van der Waals surface area (Å²) in [6, 6.07) is 5.01. The number of halogens is 1. The van der Waals surface area contributed by atoms with Gasteiger partial charge in [-0.05, 0) is 37.1 Å². The maximum absolute atomic E-state index is 12.2. The SMILES string of the molecule is CCC(C)NS(=O)(=O)c1ccc(Cl)c(CNC(C)C)c1. The van der Waals surface area contributed by atoms with Crippen LogP contribution in [0.1, 0.15) is 39.7 Å². The van der Waals surface area contributed by atoms with Crippen molar-refractivity contribution in [1.82, 2.24) is 10.0 Å². The molecule has 4 nitrogen and oxygen atoms in total. The van der Waals surface area contributed by atoms with Crippen molar-refractivity contribution >= 4 is 21.6 Å². The molecule has 0 aliphatic heterocycles. The Hall–Kier alpha value is -0.620. The van der Waals surface area contributed by atoms with Crippen LogP contribution in [0.5, 0.6) is 0 Å². The first kappa shape index (κ1) is 17.4. The van der Waals surface area contributed by atoms with Gasteiger partial charge in [0.1, 0.15) is 0 Å². The molecule has 0 spiro atoms. The summed E-state index contributed by atoms with van der Waals surface area (Å²) in [6.07, 6.45) is 0.745. The van der Waals surface area contributed by atoms with Crippen LogP contribution in [0, 0.1) is 0 Å². The van der Waals surface area contributed by atoms with Gasteiger partial charge in [-0.1, -0.05) is 32.4 Å². The molecule has 20 heavy (non-hydrogen) atoms. The Morgan fingerprint density at radius 3 is 2.45 bits per heavy atom. The zero-order valence-electron chi connectivity index (χ0n) is 12.4. The molecule has 1 aromatic rings. The molecule has 1 rings (SSSR count). The molecule has 0 aromatic heterocycles. The lowest BCUT2D eigenvalue weighted by atomic mass is 10.2. The van der Waals surface area contributed by atoms with E-state index >= 15 is 0 Å². The Bertz CT molecular complexity index is 544. The van der Waals surface area contributed by atoms with Gasteiger partial charge in [-0.25, -0.2) is 13.1 Å². The molecular weight excluding hydrogens is 296 g/mol. The van der Waals surface area contributed by atoms with Crippen LogP contribution in [0.15, 0.2) is 23.1 Å². The van der Waals surface area contributed by atoms with E-state index < -0.39 is 10.0 Å². The van der Waals surface area contributed by atoms with Gasteiger partial charge < -0.3 is 5.32 Å². The maximum atomic E-state index is 12.2. The van der Waals surface area contributed by atoms with E-state index in [4.69, 9.17) is 11.6 Å². The maximum Gasteiger partial charge on any atom is 0.240 e. The first-order valence-corrected chi connectivity index (χ1v) is 8.66. The Balaban J connectivity index is 2.99. The van der Waals surface area contributed by atoms with E-state index in [9.17, 15) is 8.42 Å². The fourth-order valence-corrected chi connectivity index (χ4v) is 3.15. The number of hydrogen-bond acceptors (Lipinski definition) is 3. The summed E-state index contributed by atoms with van der Waals surface area (Å²) in [7, 11) is -3.49. The Kier molecular flexibility index (Phi) is 6.45. The number of rotatable bonds is 7. The first-order valence-electron chi connectivity index (χ1n) is 6.80. The average molecular weight is 319 g/mol. The van der Waals surface area contributed by atoms with Crippen LogP contribution in [0.25, 0.3) is 0 Å². The van der Waals surface area contributed by atoms with Crippen LogP contribution >= 0.6 is 11.6 Å². The van der Waals surface area contributed by atoms with Gasteiger partial charge in [0.15, 0.2) is 0 Å². The zero-order chi connectivity index (χ0) is 15.3. The van der Waals surface area contributed by atoms with Crippen LogP contribution in [0.2, 0.25) is 5.02 Å². The van der Waals surface area contributed by atoms with Crippen LogP contribution in [-0.4, -0.2) is 20.5 Å². The van der Waals surface area contributed by atoms with Gasteiger partial charge in [0.25, 0.3) is 0 Å². The lowest BCUT2D eigenvalue weighted by Crippen LogP contribution is -2.32. The summed E-state index contributed by atoms with van der Waals surface area (Å²) < 4.78 is 27.1. The molecule has 0 amide bonds. The molecule has 114 valence electrons. The third-order valence-corrected chi connectivity index (χ3v) is 4.95. The number of sulfonamides is 1. The fraction of sp³-hybridized carbons (Fsp3) is 0.571. The predicted octanol–water partition coefficient (Wildman–Crippen LogP) is 2.91. The van der Waals surface area contributed by atoms with Crippen LogP contribution in [-0.2, 0) is 16.6 Å². The quantitative estimate of drug-likeness (QED) is 0.812. The monoisotopic (exact) mass is 318 g/mol. The molecule has 0 fully saturated rings. The van der Waals surface area contributed by atoms with Crippen molar-refractivity contribution in [1.29, 1.82) is 0 Å². The van der Waals surface area contributed by atoms with Gasteiger partial charge in [-0.15, -0.1) is 0 Å². The molecule has 1 unspecified atom stereocenters. The van der Waals surface area contributed by atoms with E-state index in [1.165, 1.54) is 6.07 Å². The number of hydrogen-bond donors (Lipinski definition) is 2. The highest BCUT2D eigenvalue weighted by Crippen LogP contribution is 2.21. The lowest BCUT2D eigenvalue weighted by Gasteiger charge is -2.14. The van der Waals surface area contributed by atoms with E-state index in [-0.39, 0.29) is 10.9 Å². The van der Waals surface area contributed by atoms with E-state index in [1.807, 2.05) is 27.7 Å². The minimum absolute atomic E-state index is 0.0899. The fourth-order valence-electron chi connectivity index (χ4n) is 1.58. The molecular formula is C14H23ClN2O2S. The van der Waals surface area contributed by atoms with Crippen molar-refractivity contribution < 1.29 is 8.42 Å². The molecule has 2 N–H and O–H groups in total. The van der Waals surface area contributed by atoms with Crippen molar-refractivity contribution in [3.05, 3.63) is 28.8 Å². The average Bonchev–Trinajstić information content (AvgIpc) is 2.36. The summed E-state index contributed by atoms with van der Waals surface area (Å²) in [5, 5.41) is 3.80. The van der Waals surface area contributed by atoms with Crippen molar-refractivity contribution in [2.75, 3.05) is 0 Å². The molecule has 1 atom stereocenters. The van der Waals surface area contributed by atoms with Gasteiger partial charge in [0.05, 0.1) is 4.90 Å². The van der Waals surface area contributed by atoms with E-state index in [0.29, 0.717) is 17.6 Å². The minimum atomic E-state index is -3.49. The Morgan fingerprint density at radius 1 is 1.25 bits per heavy atom. The minimum Gasteiger partial charge on any atom is -0.310 e. The largest absolute Gasteiger partial charge is 0.310 e. The summed E-state index contributed by atoms with van der Waals surface area (Å²) >= 11 is 6.11. The smallest absolute Gasteiger partial charge is 0.240 e. The second-order valence-electron chi connectivity index (χ2n) is 5.22. The molecule has 0 saturated heterocycles. The number of benzene rings is 1. The molecule has 0 radical (unpaired) electrons. The van der Waals surface area contributed by atoms with Gasteiger partial charge in [0, 0.05) is 23.7 Å². The van der Waals surface area contributed by atoms with Gasteiger partial charge in [0.2, 0.25) is 10.0 Å². The van der Waals surface area contributed by atoms with Gasteiger partial charge in [-0.2, -0.15) is 0 Å². The number of nitrogens with one attached hydrogen (secondary N) is 2. The third-order valence-electron chi connectivity index (χ3n) is 3.00. The summed E-state index contributed by atoms with van der Waals surface area (Å²) in [5.41, 5.74) is 0.785. The Morgan fingerprint density at radius 2 is 1.90 bits per heavy atom. The van der Waals surface area contributed by atoms with Crippen molar-refractivity contribution in [2.45, 2.75) is 57.6 Å². The topological polar surface area (TPSA) is 58.2 Å². The highest BCUT2D eigenvalue weighted by atomic mass is 35.5. The van der Waals surface area contributed by atoms with E-state index in [2.05, 4.69) is 10.0 Å². The van der Waals surface area contributed by atoms with Crippen molar-refractivity contribution in [3.8, 4) is 0 Å². The summed E-state index contributed by atoms with van der Waals surface area (Å²) in [6.45, 7) is 8.38. The van der Waals surface area contributed by atoms with Crippen molar-refractivity contribution in [3.63, 3.8) is 0 Å². The molecule has 0 heterocycles. The predicted molar refractivity (Wildman–Crippen MR) is 83.5 cm³/mol. The van der Waals surface area contributed by atoms with Crippen LogP contribution in [0.4, 0.5) is 0 Å². The highest BCUT2D eigenvalue weighted by molar-refractivity contribution is 7.89. The second kappa shape index (κ2) is 7.41. The van der Waals surface area contributed by atoms with Crippen LogP contribution < -0.4 is 10.0 Å². The molecule has 0 aliphatic carbocycles. The van der Waals surface area contributed by atoms with Crippen molar-refractivity contribution in [2.24, 2.45) is 0 Å². The zero-order valence-corrected chi connectivity index (χ0v) is 14.0. The van der Waals surface area contributed by atoms with Crippen LogP contribution in [0.3, 0.4) is 0 Å². The van der Waals surface area contributed by atoms with Gasteiger partial charge in [-0.3, -0.25) is 0 Å². The van der Waals surface area contributed by atoms with E-state index in [0.717, 1.165) is 12.0 Å². The Labute approximate surface area is 127 Å². The highest BCUT2D eigenvalue weighted by Gasteiger charge is 2.17. The molecule has 0 aliphatic rings. The van der Waals surface area contributed by atoms with Gasteiger partial charge >= 0.3 is 0 Å². The summed E-state index contributed by atoms with van der Waals surface area (Å²) in [5.74, 6) is 0. The summed E-state index contributed by atoms with van der Waals surface area (Å²) in [4.78, 5) is 0.253.